The highest BCUT2D eigenvalue weighted by Gasteiger charge is 2.27. The zero-order valence-corrected chi connectivity index (χ0v) is 16.1. The number of aromatic carboxylic acids is 1. The van der Waals surface area contributed by atoms with E-state index in [2.05, 4.69) is 20.8 Å². The van der Waals surface area contributed by atoms with E-state index >= 15 is 0 Å². The normalized spacial score (nSPS) is 15.2. The van der Waals surface area contributed by atoms with Gasteiger partial charge in [-0.05, 0) is 36.5 Å². The summed E-state index contributed by atoms with van der Waals surface area (Å²) in [5, 5.41) is 9.29. The number of nitrogens with zero attached hydrogens (tertiary/aromatic N) is 1. The van der Waals surface area contributed by atoms with Gasteiger partial charge < -0.3 is 19.1 Å². The van der Waals surface area contributed by atoms with Gasteiger partial charge in [0.25, 0.3) is 0 Å². The minimum atomic E-state index is -1.20. The van der Waals surface area contributed by atoms with Gasteiger partial charge in [-0.1, -0.05) is 20.8 Å². The molecule has 0 fully saturated rings. The van der Waals surface area contributed by atoms with Crippen molar-refractivity contribution in [1.82, 2.24) is 4.57 Å². The molecular weight excluding hydrogens is 346 g/mol. The maximum atomic E-state index is 12.3. The molecule has 0 unspecified atom stereocenters. The Morgan fingerprint density at radius 2 is 2.04 bits per heavy atom. The van der Waals surface area contributed by atoms with E-state index in [1.807, 2.05) is 16.7 Å². The molecular formula is C21H25NO5. The van der Waals surface area contributed by atoms with Crippen LogP contribution in [0.15, 0.2) is 29.2 Å². The summed E-state index contributed by atoms with van der Waals surface area (Å²) in [6, 6.07) is 5.36. The van der Waals surface area contributed by atoms with Crippen LogP contribution in [0.3, 0.4) is 0 Å². The van der Waals surface area contributed by atoms with Crippen molar-refractivity contribution in [1.29, 1.82) is 0 Å². The van der Waals surface area contributed by atoms with Crippen LogP contribution in [0.2, 0.25) is 0 Å². The SMILES string of the molecule is CC[C@@H]1Cc2cc(OCC(C)C)c(OC)cc2-c2cc(=O)c(C(=O)O)cn21. The average Bonchev–Trinajstić information content (AvgIpc) is 2.64. The van der Waals surface area contributed by atoms with E-state index in [0.29, 0.717) is 29.7 Å². The second kappa shape index (κ2) is 7.47. The number of carboxylic acid groups (broad SMARTS) is 1. The lowest BCUT2D eigenvalue weighted by atomic mass is 9.90. The molecule has 0 spiro atoms. The van der Waals surface area contributed by atoms with Crippen molar-refractivity contribution in [3.63, 3.8) is 0 Å². The quantitative estimate of drug-likeness (QED) is 0.836. The Morgan fingerprint density at radius 1 is 1.30 bits per heavy atom. The molecule has 2 heterocycles. The number of rotatable bonds is 6. The van der Waals surface area contributed by atoms with Crippen LogP contribution in [-0.2, 0) is 6.42 Å². The molecule has 1 aromatic carbocycles. The molecule has 2 aromatic rings. The second-order valence-electron chi connectivity index (χ2n) is 7.28. The first-order valence-electron chi connectivity index (χ1n) is 9.19. The number of carbonyl (C=O) groups is 1. The van der Waals surface area contributed by atoms with Gasteiger partial charge in [-0.3, -0.25) is 4.79 Å². The molecule has 1 aliphatic rings. The Balaban J connectivity index is 2.17. The lowest BCUT2D eigenvalue weighted by molar-refractivity contribution is 0.0694. The summed E-state index contributed by atoms with van der Waals surface area (Å²) in [6.45, 7) is 6.81. The molecule has 27 heavy (non-hydrogen) atoms. The zero-order valence-electron chi connectivity index (χ0n) is 16.1. The van der Waals surface area contributed by atoms with E-state index in [1.54, 1.807) is 7.11 Å². The van der Waals surface area contributed by atoms with Crippen LogP contribution in [0, 0.1) is 5.92 Å². The van der Waals surface area contributed by atoms with Crippen LogP contribution in [0.1, 0.15) is 49.2 Å². The van der Waals surface area contributed by atoms with Crippen molar-refractivity contribution in [3.8, 4) is 22.8 Å². The van der Waals surface area contributed by atoms with Crippen LogP contribution in [0.4, 0.5) is 0 Å². The lowest BCUT2D eigenvalue weighted by Crippen LogP contribution is -2.25. The van der Waals surface area contributed by atoms with E-state index in [1.165, 1.54) is 12.3 Å². The van der Waals surface area contributed by atoms with Gasteiger partial charge >= 0.3 is 5.97 Å². The fraction of sp³-hybridized carbons (Fsp3) is 0.429. The molecule has 1 N–H and O–H groups in total. The summed E-state index contributed by atoms with van der Waals surface area (Å²) in [5.41, 5.74) is 1.97. The van der Waals surface area contributed by atoms with Crippen molar-refractivity contribution in [3.05, 3.63) is 45.7 Å². The third kappa shape index (κ3) is 3.56. The molecule has 1 aromatic heterocycles. The number of hydrogen-bond acceptors (Lipinski definition) is 4. The fourth-order valence-corrected chi connectivity index (χ4v) is 3.46. The van der Waals surface area contributed by atoms with Gasteiger partial charge in [0, 0.05) is 23.9 Å². The zero-order chi connectivity index (χ0) is 19.7. The number of methoxy groups -OCH3 is 1. The Labute approximate surface area is 158 Å². The van der Waals surface area contributed by atoms with E-state index in [4.69, 9.17) is 9.47 Å². The van der Waals surface area contributed by atoms with Gasteiger partial charge in [0.05, 0.1) is 19.4 Å². The number of benzene rings is 1. The maximum absolute atomic E-state index is 12.3. The Kier molecular flexibility index (Phi) is 5.26. The maximum Gasteiger partial charge on any atom is 0.341 e. The van der Waals surface area contributed by atoms with Crippen LogP contribution in [0.5, 0.6) is 11.5 Å². The van der Waals surface area contributed by atoms with Gasteiger partial charge in [0.2, 0.25) is 0 Å². The van der Waals surface area contributed by atoms with Gasteiger partial charge in [-0.2, -0.15) is 0 Å². The number of aromatic nitrogens is 1. The third-order valence-corrected chi connectivity index (χ3v) is 4.87. The number of carboxylic acids is 1. The van der Waals surface area contributed by atoms with Gasteiger partial charge in [0.15, 0.2) is 16.9 Å². The van der Waals surface area contributed by atoms with Crippen molar-refractivity contribution in [2.24, 2.45) is 5.92 Å². The molecule has 3 rings (SSSR count). The van der Waals surface area contributed by atoms with Crippen molar-refractivity contribution < 1.29 is 19.4 Å². The highest BCUT2D eigenvalue weighted by atomic mass is 16.5. The summed E-state index contributed by atoms with van der Waals surface area (Å²) >= 11 is 0. The smallest absolute Gasteiger partial charge is 0.341 e. The van der Waals surface area contributed by atoms with Crippen LogP contribution < -0.4 is 14.9 Å². The van der Waals surface area contributed by atoms with E-state index in [9.17, 15) is 14.7 Å². The highest BCUT2D eigenvalue weighted by molar-refractivity contribution is 5.87. The minimum absolute atomic E-state index is 0.0811. The van der Waals surface area contributed by atoms with E-state index < -0.39 is 11.4 Å². The fourth-order valence-electron chi connectivity index (χ4n) is 3.46. The molecule has 0 bridgehead atoms. The van der Waals surface area contributed by atoms with Crippen molar-refractivity contribution >= 4 is 5.97 Å². The Hall–Kier alpha value is -2.76. The first-order valence-corrected chi connectivity index (χ1v) is 9.19. The Bertz CT molecular complexity index is 929. The predicted octanol–water partition coefficient (Wildman–Crippen LogP) is 3.76. The molecule has 0 amide bonds. The molecule has 0 aliphatic carbocycles. The summed E-state index contributed by atoms with van der Waals surface area (Å²) in [4.78, 5) is 23.7. The molecule has 0 radical (unpaired) electrons. The topological polar surface area (TPSA) is 77.8 Å². The Morgan fingerprint density at radius 3 is 2.63 bits per heavy atom. The molecule has 1 atom stereocenters. The molecule has 1 aliphatic heterocycles. The summed E-state index contributed by atoms with van der Waals surface area (Å²) in [7, 11) is 1.59. The largest absolute Gasteiger partial charge is 0.493 e. The lowest BCUT2D eigenvalue weighted by Gasteiger charge is -2.31. The molecule has 0 saturated heterocycles. The van der Waals surface area contributed by atoms with E-state index in [-0.39, 0.29) is 11.6 Å². The van der Waals surface area contributed by atoms with Crippen molar-refractivity contribution in [2.45, 2.75) is 39.7 Å². The predicted molar refractivity (Wildman–Crippen MR) is 103 cm³/mol. The first-order chi connectivity index (χ1) is 12.8. The van der Waals surface area contributed by atoms with Crippen LogP contribution in [0.25, 0.3) is 11.3 Å². The molecule has 144 valence electrons. The first kappa shape index (κ1) is 19.0. The second-order valence-corrected chi connectivity index (χ2v) is 7.28. The summed E-state index contributed by atoms with van der Waals surface area (Å²) < 4.78 is 13.3. The number of hydrogen-bond donors (Lipinski definition) is 1. The van der Waals surface area contributed by atoms with Gasteiger partial charge in [-0.25, -0.2) is 4.79 Å². The molecule has 6 heteroatoms. The third-order valence-electron chi connectivity index (χ3n) is 4.87. The average molecular weight is 371 g/mol. The van der Waals surface area contributed by atoms with Gasteiger partial charge in [-0.15, -0.1) is 0 Å². The van der Waals surface area contributed by atoms with Crippen molar-refractivity contribution in [2.75, 3.05) is 13.7 Å². The van der Waals surface area contributed by atoms with Crippen LogP contribution >= 0.6 is 0 Å². The monoisotopic (exact) mass is 371 g/mol. The standard InChI is InChI=1S/C21H25NO5/c1-5-14-6-13-7-20(27-11-12(2)3)19(26-4)8-15(13)17-9-18(23)16(21(24)25)10-22(14)17/h7-10,12,14H,5-6,11H2,1-4H3,(H,24,25)/t14-/m1/s1. The van der Waals surface area contributed by atoms with E-state index in [0.717, 1.165) is 24.0 Å². The number of fused-ring (bicyclic) bond motifs is 3. The number of pyridine rings is 1. The molecule has 0 saturated carbocycles. The van der Waals surface area contributed by atoms with Gasteiger partial charge in [0.1, 0.15) is 5.56 Å². The van der Waals surface area contributed by atoms with Crippen LogP contribution in [-0.4, -0.2) is 29.4 Å². The highest BCUT2D eigenvalue weighted by Crippen LogP contribution is 2.41. The molecule has 6 nitrogen and oxygen atoms in total. The minimum Gasteiger partial charge on any atom is -0.493 e. The summed E-state index contributed by atoms with van der Waals surface area (Å²) in [6.07, 6.45) is 3.03. The summed E-state index contributed by atoms with van der Waals surface area (Å²) in [5.74, 6) is 0.484. The number of ether oxygens (including phenoxy) is 2.